The minimum absolute atomic E-state index is 0.221. The Morgan fingerprint density at radius 1 is 1.64 bits per heavy atom. The van der Waals surface area contributed by atoms with Crippen LogP contribution >= 0.6 is 11.8 Å². The van der Waals surface area contributed by atoms with Crippen molar-refractivity contribution in [1.29, 1.82) is 0 Å². The molecule has 0 amide bonds. The fraction of sp³-hybridized carbons (Fsp3) is 0.900. The van der Waals surface area contributed by atoms with Crippen LogP contribution in [-0.4, -0.2) is 43.1 Å². The van der Waals surface area contributed by atoms with E-state index < -0.39 is 0 Å². The molecule has 1 N–H and O–H groups in total. The third-order valence-electron chi connectivity index (χ3n) is 2.08. The van der Waals surface area contributed by atoms with Crippen LogP contribution in [0.15, 0.2) is 0 Å². The fourth-order valence-corrected chi connectivity index (χ4v) is 2.36. The maximum Gasteiger partial charge on any atom is 0.160 e. The topological polar surface area (TPSA) is 38.3 Å². The highest BCUT2D eigenvalue weighted by Crippen LogP contribution is 2.10. The lowest BCUT2D eigenvalue weighted by Crippen LogP contribution is -2.39. The largest absolute Gasteiger partial charge is 0.374 e. The van der Waals surface area contributed by atoms with E-state index >= 15 is 0 Å². The summed E-state index contributed by atoms with van der Waals surface area (Å²) in [7, 11) is 0. The molecule has 0 aromatic heterocycles. The molecule has 1 fully saturated rings. The number of nitrogens with one attached hydrogen (secondary N) is 1. The van der Waals surface area contributed by atoms with E-state index in [1.165, 1.54) is 0 Å². The summed E-state index contributed by atoms with van der Waals surface area (Å²) in [6.07, 6.45) is 1.60. The summed E-state index contributed by atoms with van der Waals surface area (Å²) in [6, 6.07) is 0.367. The van der Waals surface area contributed by atoms with Gasteiger partial charge in [0.2, 0.25) is 0 Å². The van der Waals surface area contributed by atoms with Crippen molar-refractivity contribution in [3.63, 3.8) is 0 Å². The molecule has 3 nitrogen and oxygen atoms in total. The molecule has 0 aliphatic carbocycles. The summed E-state index contributed by atoms with van der Waals surface area (Å²) in [4.78, 5) is 11.4. The predicted octanol–water partition coefficient (Wildman–Crippen LogP) is 1.08. The van der Waals surface area contributed by atoms with E-state index in [-0.39, 0.29) is 12.4 Å². The summed E-state index contributed by atoms with van der Waals surface area (Å²) in [5, 5.41) is 3.34. The maximum absolute atomic E-state index is 11.4. The third-order valence-corrected chi connectivity index (χ3v) is 3.21. The van der Waals surface area contributed by atoms with Crippen molar-refractivity contribution in [1.82, 2.24) is 5.32 Å². The van der Waals surface area contributed by atoms with Gasteiger partial charge in [-0.05, 0) is 6.42 Å². The van der Waals surface area contributed by atoms with Gasteiger partial charge in [-0.25, -0.2) is 0 Å². The van der Waals surface area contributed by atoms with E-state index in [0.29, 0.717) is 19.1 Å². The summed E-state index contributed by atoms with van der Waals surface area (Å²) in [5.41, 5.74) is 0. The lowest BCUT2D eigenvalue weighted by atomic mass is 10.1. The van der Waals surface area contributed by atoms with E-state index in [2.05, 4.69) is 5.32 Å². The molecule has 4 heteroatoms. The van der Waals surface area contributed by atoms with Crippen LogP contribution in [0.4, 0.5) is 0 Å². The predicted molar refractivity (Wildman–Crippen MR) is 59.8 cm³/mol. The van der Waals surface area contributed by atoms with Crippen LogP contribution in [0.5, 0.6) is 0 Å². The number of hydrogen-bond donors (Lipinski definition) is 1. The van der Waals surface area contributed by atoms with Gasteiger partial charge in [-0.2, -0.15) is 11.8 Å². The molecule has 14 heavy (non-hydrogen) atoms. The van der Waals surface area contributed by atoms with E-state index in [1.807, 2.05) is 18.7 Å². The van der Waals surface area contributed by atoms with Crippen molar-refractivity contribution >= 4 is 17.5 Å². The van der Waals surface area contributed by atoms with Crippen LogP contribution < -0.4 is 5.32 Å². The number of hydrogen-bond acceptors (Lipinski definition) is 4. The Kier molecular flexibility index (Phi) is 6.23. The van der Waals surface area contributed by atoms with Gasteiger partial charge in [0.25, 0.3) is 0 Å². The molecule has 1 rings (SSSR count). The Balaban J connectivity index is 2.06. The third kappa shape index (κ3) is 4.98. The normalized spacial score (nSPS) is 22.2. The number of Topliss-reactive ketones (excluding diaryl/α,β-unsaturated/α-hetero) is 1. The zero-order chi connectivity index (χ0) is 10.2. The SMILES string of the molecule is CCCOCC(=O)CC1CSCCN1. The number of ketones is 1. The highest BCUT2D eigenvalue weighted by atomic mass is 32.2. The quantitative estimate of drug-likeness (QED) is 0.676. The number of rotatable bonds is 6. The molecule has 1 heterocycles. The van der Waals surface area contributed by atoms with Gasteiger partial charge in [-0.3, -0.25) is 4.79 Å². The van der Waals surface area contributed by atoms with Crippen LogP contribution in [-0.2, 0) is 9.53 Å². The first kappa shape index (κ1) is 12.0. The van der Waals surface area contributed by atoms with E-state index in [1.54, 1.807) is 0 Å². The van der Waals surface area contributed by atoms with Gasteiger partial charge in [0.05, 0.1) is 0 Å². The fourth-order valence-electron chi connectivity index (χ4n) is 1.41. The average molecular weight is 217 g/mol. The van der Waals surface area contributed by atoms with Gasteiger partial charge in [-0.1, -0.05) is 6.92 Å². The zero-order valence-corrected chi connectivity index (χ0v) is 9.57. The molecule has 0 saturated carbocycles. The smallest absolute Gasteiger partial charge is 0.160 e. The Hall–Kier alpha value is -0.0600. The molecule has 1 unspecified atom stereocenters. The molecule has 0 spiro atoms. The molecule has 1 aliphatic heterocycles. The summed E-state index contributed by atoms with van der Waals surface area (Å²) >= 11 is 1.92. The van der Waals surface area contributed by atoms with Crippen molar-refractivity contribution in [2.24, 2.45) is 0 Å². The van der Waals surface area contributed by atoms with E-state index in [4.69, 9.17) is 4.74 Å². The second-order valence-electron chi connectivity index (χ2n) is 3.52. The molecule has 0 radical (unpaired) electrons. The Bertz CT molecular complexity index is 170. The number of carbonyl (C=O) groups is 1. The second-order valence-corrected chi connectivity index (χ2v) is 4.67. The molecule has 0 bridgehead atoms. The van der Waals surface area contributed by atoms with E-state index in [0.717, 1.165) is 24.5 Å². The second kappa shape index (κ2) is 7.26. The van der Waals surface area contributed by atoms with Crippen LogP contribution in [0.1, 0.15) is 19.8 Å². The van der Waals surface area contributed by atoms with Gasteiger partial charge in [0.1, 0.15) is 6.61 Å². The summed E-state index contributed by atoms with van der Waals surface area (Å²) in [5.74, 6) is 2.44. The number of thioether (sulfide) groups is 1. The van der Waals surface area contributed by atoms with Crippen LogP contribution in [0.2, 0.25) is 0 Å². The zero-order valence-electron chi connectivity index (χ0n) is 8.75. The highest BCUT2D eigenvalue weighted by Gasteiger charge is 2.16. The number of carbonyl (C=O) groups excluding carboxylic acids is 1. The van der Waals surface area contributed by atoms with Crippen LogP contribution in [0.25, 0.3) is 0 Å². The van der Waals surface area contributed by atoms with Crippen molar-refractivity contribution < 1.29 is 9.53 Å². The molecule has 82 valence electrons. The molecule has 0 aromatic rings. The van der Waals surface area contributed by atoms with Crippen LogP contribution in [0, 0.1) is 0 Å². The standard InChI is InChI=1S/C10H19NO2S/c1-2-4-13-7-10(12)6-9-8-14-5-3-11-9/h9,11H,2-8H2,1H3. The van der Waals surface area contributed by atoms with Crippen molar-refractivity contribution in [2.45, 2.75) is 25.8 Å². The minimum Gasteiger partial charge on any atom is -0.374 e. The van der Waals surface area contributed by atoms with E-state index in [9.17, 15) is 4.79 Å². The molecular weight excluding hydrogens is 198 g/mol. The van der Waals surface area contributed by atoms with Crippen molar-refractivity contribution in [3.05, 3.63) is 0 Å². The van der Waals surface area contributed by atoms with Gasteiger partial charge in [0, 0.05) is 37.1 Å². The average Bonchev–Trinajstić information content (AvgIpc) is 2.20. The van der Waals surface area contributed by atoms with Gasteiger partial charge in [-0.15, -0.1) is 0 Å². The van der Waals surface area contributed by atoms with Crippen molar-refractivity contribution in [3.8, 4) is 0 Å². The summed E-state index contributed by atoms with van der Waals surface area (Å²) in [6.45, 7) is 4.05. The minimum atomic E-state index is 0.221. The van der Waals surface area contributed by atoms with Gasteiger partial charge < -0.3 is 10.1 Å². The molecule has 1 atom stereocenters. The first-order chi connectivity index (χ1) is 6.83. The lowest BCUT2D eigenvalue weighted by molar-refractivity contribution is -0.124. The first-order valence-corrected chi connectivity index (χ1v) is 6.39. The van der Waals surface area contributed by atoms with Crippen molar-refractivity contribution in [2.75, 3.05) is 31.3 Å². The highest BCUT2D eigenvalue weighted by molar-refractivity contribution is 7.99. The maximum atomic E-state index is 11.4. The Morgan fingerprint density at radius 2 is 2.50 bits per heavy atom. The number of ether oxygens (including phenoxy) is 1. The Morgan fingerprint density at radius 3 is 3.14 bits per heavy atom. The van der Waals surface area contributed by atoms with Gasteiger partial charge >= 0.3 is 0 Å². The molecule has 0 aromatic carbocycles. The Labute approximate surface area is 90.0 Å². The molecule has 1 saturated heterocycles. The molecular formula is C10H19NO2S. The molecule has 1 aliphatic rings. The lowest BCUT2D eigenvalue weighted by Gasteiger charge is -2.22. The first-order valence-electron chi connectivity index (χ1n) is 5.23. The van der Waals surface area contributed by atoms with Crippen LogP contribution in [0.3, 0.4) is 0 Å². The van der Waals surface area contributed by atoms with Gasteiger partial charge in [0.15, 0.2) is 5.78 Å². The summed E-state index contributed by atoms with van der Waals surface area (Å²) < 4.78 is 5.20. The monoisotopic (exact) mass is 217 g/mol.